The van der Waals surface area contributed by atoms with Crippen molar-refractivity contribution < 1.29 is 19.5 Å². The van der Waals surface area contributed by atoms with Crippen LogP contribution in [0, 0.1) is 0 Å². The van der Waals surface area contributed by atoms with E-state index in [1.165, 1.54) is 70.6 Å². The van der Waals surface area contributed by atoms with Gasteiger partial charge in [0, 0.05) is 0 Å². The minimum atomic E-state index is -0.803. The van der Waals surface area contributed by atoms with Crippen LogP contribution in [-0.4, -0.2) is 53.5 Å². The smallest absolute Gasteiger partial charge is 0.362 e. The zero-order valence-electron chi connectivity index (χ0n) is 17.3. The molecule has 0 saturated carbocycles. The fourth-order valence-electron chi connectivity index (χ4n) is 3.31. The van der Waals surface area contributed by atoms with Crippen molar-refractivity contribution in [1.29, 1.82) is 0 Å². The molecular formula is C21H44NO3+. The minimum Gasteiger partial charge on any atom is -0.477 e. The first-order chi connectivity index (χ1) is 11.8. The van der Waals surface area contributed by atoms with E-state index in [1.807, 2.05) is 14.1 Å². The number of hydrogen-bond acceptors (Lipinski definition) is 2. The molecule has 0 aliphatic rings. The molecule has 0 radical (unpaired) electrons. The second-order valence-corrected chi connectivity index (χ2v) is 8.31. The topological polar surface area (TPSA) is 57.5 Å². The fraction of sp³-hybridized carbons (Fsp3) is 0.952. The van der Waals surface area contributed by atoms with Crippen molar-refractivity contribution in [3.8, 4) is 0 Å². The summed E-state index contributed by atoms with van der Waals surface area (Å²) in [5.41, 5.74) is 0. The first kappa shape index (κ1) is 24.4. The van der Waals surface area contributed by atoms with E-state index in [-0.39, 0.29) is 0 Å². The Balaban J connectivity index is 3.52. The number of nitrogens with zero attached hydrogens (tertiary/aromatic N) is 1. The molecule has 0 aliphatic heterocycles. The largest absolute Gasteiger partial charge is 0.477 e. The Morgan fingerprint density at radius 1 is 0.840 bits per heavy atom. The lowest BCUT2D eigenvalue weighted by Gasteiger charge is -2.35. The molecule has 0 aromatic rings. The Hall–Kier alpha value is -0.610. The molecule has 2 N–H and O–H groups in total. The Kier molecular flexibility index (Phi) is 14.2. The first-order valence-corrected chi connectivity index (χ1v) is 10.5. The van der Waals surface area contributed by atoms with Crippen LogP contribution >= 0.6 is 0 Å². The normalized spacial score (nSPS) is 14.4. The van der Waals surface area contributed by atoms with E-state index in [9.17, 15) is 9.90 Å². The van der Waals surface area contributed by atoms with Crippen LogP contribution in [0.25, 0.3) is 0 Å². The molecule has 0 heterocycles. The standard InChI is InChI=1S/C21H43NO3/c1-5-6-7-8-9-10-11-12-13-14-15-16-17-20(23)18-22(3,4)19(2)21(24)25/h19-20,23H,5-18H2,1-4H3/p+1. The molecule has 25 heavy (non-hydrogen) atoms. The van der Waals surface area contributed by atoms with Gasteiger partial charge >= 0.3 is 5.97 Å². The average molecular weight is 359 g/mol. The molecule has 4 nitrogen and oxygen atoms in total. The number of carboxylic acids is 1. The zero-order chi connectivity index (χ0) is 19.1. The molecule has 2 atom stereocenters. The third-order valence-corrected chi connectivity index (χ3v) is 5.48. The van der Waals surface area contributed by atoms with E-state index < -0.39 is 18.1 Å². The van der Waals surface area contributed by atoms with E-state index in [2.05, 4.69) is 6.92 Å². The van der Waals surface area contributed by atoms with Crippen molar-refractivity contribution in [3.05, 3.63) is 0 Å². The second-order valence-electron chi connectivity index (χ2n) is 8.31. The van der Waals surface area contributed by atoms with Crippen LogP contribution in [0.4, 0.5) is 0 Å². The van der Waals surface area contributed by atoms with Crippen molar-refractivity contribution >= 4 is 5.97 Å². The summed E-state index contributed by atoms with van der Waals surface area (Å²) in [5.74, 6) is -0.803. The predicted molar refractivity (Wildman–Crippen MR) is 106 cm³/mol. The lowest BCUT2D eigenvalue weighted by molar-refractivity contribution is -0.907. The average Bonchev–Trinajstić information content (AvgIpc) is 2.54. The number of unbranched alkanes of at least 4 members (excludes halogenated alkanes) is 11. The van der Waals surface area contributed by atoms with Gasteiger partial charge in [0.2, 0.25) is 0 Å². The van der Waals surface area contributed by atoms with Crippen molar-refractivity contribution in [2.24, 2.45) is 0 Å². The van der Waals surface area contributed by atoms with Gasteiger partial charge in [-0.1, -0.05) is 84.0 Å². The summed E-state index contributed by atoms with van der Waals surface area (Å²) in [7, 11) is 3.76. The molecule has 0 aromatic heterocycles. The van der Waals surface area contributed by atoms with Gasteiger partial charge in [0.25, 0.3) is 0 Å². The number of likely N-dealkylation sites (N-methyl/N-ethyl adjacent to an activating group) is 1. The van der Waals surface area contributed by atoms with Gasteiger partial charge in [-0.25, -0.2) is 4.79 Å². The number of quaternary nitrogens is 1. The molecular weight excluding hydrogens is 314 g/mol. The predicted octanol–water partition coefficient (Wildman–Crippen LogP) is 4.99. The van der Waals surface area contributed by atoms with E-state index in [0.717, 1.165) is 12.8 Å². The van der Waals surface area contributed by atoms with Crippen LogP contribution in [0.2, 0.25) is 0 Å². The van der Waals surface area contributed by atoms with E-state index in [1.54, 1.807) is 6.92 Å². The summed E-state index contributed by atoms with van der Waals surface area (Å²) in [4.78, 5) is 11.1. The van der Waals surface area contributed by atoms with Crippen molar-refractivity contribution in [2.75, 3.05) is 20.6 Å². The monoisotopic (exact) mass is 358 g/mol. The third-order valence-electron chi connectivity index (χ3n) is 5.48. The van der Waals surface area contributed by atoms with Crippen LogP contribution in [0.1, 0.15) is 97.3 Å². The summed E-state index contributed by atoms with van der Waals surface area (Å²) < 4.78 is 0.328. The van der Waals surface area contributed by atoms with Crippen LogP contribution in [0.3, 0.4) is 0 Å². The highest BCUT2D eigenvalue weighted by Crippen LogP contribution is 2.15. The van der Waals surface area contributed by atoms with Gasteiger partial charge in [-0.15, -0.1) is 0 Å². The number of rotatable bonds is 17. The van der Waals surface area contributed by atoms with Crippen molar-refractivity contribution in [3.63, 3.8) is 0 Å². The Morgan fingerprint density at radius 3 is 1.64 bits per heavy atom. The molecule has 0 fully saturated rings. The number of aliphatic hydroxyl groups excluding tert-OH is 1. The summed E-state index contributed by atoms with van der Waals surface area (Å²) in [5, 5.41) is 19.3. The van der Waals surface area contributed by atoms with Gasteiger partial charge < -0.3 is 14.7 Å². The van der Waals surface area contributed by atoms with Crippen molar-refractivity contribution in [1.82, 2.24) is 0 Å². The number of aliphatic carboxylic acids is 1. The van der Waals surface area contributed by atoms with Crippen molar-refractivity contribution in [2.45, 2.75) is 109 Å². The molecule has 0 aliphatic carbocycles. The van der Waals surface area contributed by atoms with E-state index >= 15 is 0 Å². The molecule has 2 unspecified atom stereocenters. The summed E-state index contributed by atoms with van der Waals surface area (Å²) >= 11 is 0. The van der Waals surface area contributed by atoms with Gasteiger partial charge in [0.05, 0.1) is 14.1 Å². The van der Waals surface area contributed by atoms with Crippen LogP contribution < -0.4 is 0 Å². The number of carbonyl (C=O) groups is 1. The van der Waals surface area contributed by atoms with E-state index in [0.29, 0.717) is 11.0 Å². The van der Waals surface area contributed by atoms with Gasteiger partial charge in [0.1, 0.15) is 12.6 Å². The number of carboxylic acid groups (broad SMARTS) is 1. The molecule has 0 rings (SSSR count). The fourth-order valence-corrected chi connectivity index (χ4v) is 3.31. The maximum absolute atomic E-state index is 11.1. The third kappa shape index (κ3) is 13.3. The van der Waals surface area contributed by atoms with Gasteiger partial charge in [0.15, 0.2) is 6.04 Å². The zero-order valence-corrected chi connectivity index (χ0v) is 17.3. The highest BCUT2D eigenvalue weighted by atomic mass is 16.4. The Labute approximate surface area is 156 Å². The molecule has 0 amide bonds. The first-order valence-electron chi connectivity index (χ1n) is 10.5. The quantitative estimate of drug-likeness (QED) is 0.284. The van der Waals surface area contributed by atoms with Gasteiger partial charge in [-0.3, -0.25) is 0 Å². The number of aliphatic hydroxyl groups is 1. The summed E-state index contributed by atoms with van der Waals surface area (Å²) in [6.07, 6.45) is 16.2. The highest BCUT2D eigenvalue weighted by Gasteiger charge is 2.32. The molecule has 150 valence electrons. The van der Waals surface area contributed by atoms with E-state index in [4.69, 9.17) is 5.11 Å². The van der Waals surface area contributed by atoms with Gasteiger partial charge in [-0.05, 0) is 13.3 Å². The highest BCUT2D eigenvalue weighted by molar-refractivity contribution is 5.71. The molecule has 0 spiro atoms. The SMILES string of the molecule is CCCCCCCCCCCCCCC(O)C[N+](C)(C)C(C)C(=O)O. The Bertz CT molecular complexity index is 331. The molecule has 4 heteroatoms. The molecule has 0 bridgehead atoms. The van der Waals surface area contributed by atoms with Gasteiger partial charge in [-0.2, -0.15) is 0 Å². The van der Waals surface area contributed by atoms with Crippen LogP contribution in [0.5, 0.6) is 0 Å². The maximum atomic E-state index is 11.1. The molecule has 0 saturated heterocycles. The Morgan fingerprint density at radius 2 is 1.24 bits per heavy atom. The minimum absolute atomic E-state index is 0.328. The van der Waals surface area contributed by atoms with Crippen LogP contribution in [0.15, 0.2) is 0 Å². The number of hydrogen-bond donors (Lipinski definition) is 2. The second kappa shape index (κ2) is 14.5. The maximum Gasteiger partial charge on any atom is 0.362 e. The summed E-state index contributed by atoms with van der Waals surface area (Å²) in [6, 6.07) is -0.489. The molecule has 0 aromatic carbocycles. The lowest BCUT2D eigenvalue weighted by atomic mass is 10.0. The lowest BCUT2D eigenvalue weighted by Crippen LogP contribution is -2.54. The van der Waals surface area contributed by atoms with Crippen LogP contribution in [-0.2, 0) is 4.79 Å². The summed E-state index contributed by atoms with van der Waals surface area (Å²) in [6.45, 7) is 4.47.